The molecule has 0 spiro atoms. The Bertz CT molecular complexity index is 664. The lowest BCUT2D eigenvalue weighted by molar-refractivity contribution is 0.0604. The number of nitrogens with one attached hydrogen (secondary N) is 1. The number of hydrogen-bond donors (Lipinski definition) is 2. The fourth-order valence-corrected chi connectivity index (χ4v) is 1.83. The summed E-state index contributed by atoms with van der Waals surface area (Å²) in [4.78, 5) is 15.5. The second-order valence-electron chi connectivity index (χ2n) is 5.88. The molecule has 0 aliphatic heterocycles. The van der Waals surface area contributed by atoms with Crippen molar-refractivity contribution in [1.82, 2.24) is 5.32 Å². The standard InChI is InChI=1S/C17H22N4O2/c1-17(2,3)23-16(22)21-15(19)14(11-20-4)9-12-7-5-6-8-13(12)10-18/h5-8,11,20H,9H2,1-4H3,(H2,19,21,22)/b14-11-. The topological polar surface area (TPSA) is 101 Å². The molecule has 1 rings (SSSR count). The summed E-state index contributed by atoms with van der Waals surface area (Å²) in [5.41, 5.74) is 7.24. The van der Waals surface area contributed by atoms with Crippen LogP contribution in [0.1, 0.15) is 31.9 Å². The Labute approximate surface area is 136 Å². The van der Waals surface area contributed by atoms with E-state index in [0.717, 1.165) is 5.56 Å². The third kappa shape index (κ3) is 6.22. The number of nitrogens with zero attached hydrogens (tertiary/aromatic N) is 2. The second kappa shape index (κ2) is 7.99. The molecule has 0 aliphatic carbocycles. The first kappa shape index (κ1) is 18.2. The molecule has 23 heavy (non-hydrogen) atoms. The van der Waals surface area contributed by atoms with Crippen LogP contribution in [0.25, 0.3) is 0 Å². The molecule has 0 heterocycles. The first-order chi connectivity index (χ1) is 10.8. The lowest BCUT2D eigenvalue weighted by Gasteiger charge is -2.17. The van der Waals surface area contributed by atoms with Gasteiger partial charge in [0.2, 0.25) is 0 Å². The van der Waals surface area contributed by atoms with Gasteiger partial charge in [-0.2, -0.15) is 10.3 Å². The average molecular weight is 314 g/mol. The van der Waals surface area contributed by atoms with E-state index in [1.54, 1.807) is 46.2 Å². The zero-order chi connectivity index (χ0) is 17.5. The number of nitriles is 1. The number of rotatable bonds is 4. The van der Waals surface area contributed by atoms with Gasteiger partial charge in [0.25, 0.3) is 0 Å². The van der Waals surface area contributed by atoms with E-state index in [0.29, 0.717) is 17.6 Å². The van der Waals surface area contributed by atoms with Crippen LogP contribution in [0, 0.1) is 11.3 Å². The summed E-state index contributed by atoms with van der Waals surface area (Å²) >= 11 is 0. The third-order valence-corrected chi connectivity index (χ3v) is 2.77. The molecule has 1 aromatic rings. The molecule has 6 heteroatoms. The van der Waals surface area contributed by atoms with Gasteiger partial charge in [-0.05, 0) is 32.4 Å². The monoisotopic (exact) mass is 314 g/mol. The molecule has 0 aliphatic rings. The van der Waals surface area contributed by atoms with Crippen molar-refractivity contribution in [2.75, 3.05) is 7.05 Å². The fourth-order valence-electron chi connectivity index (χ4n) is 1.83. The first-order valence-electron chi connectivity index (χ1n) is 7.18. The second-order valence-corrected chi connectivity index (χ2v) is 5.88. The molecule has 0 atom stereocenters. The van der Waals surface area contributed by atoms with Crippen LogP contribution in [0.4, 0.5) is 4.79 Å². The number of amides is 1. The number of carbonyl (C=O) groups excluding carboxylic acids is 1. The van der Waals surface area contributed by atoms with Gasteiger partial charge in [-0.1, -0.05) is 18.2 Å². The van der Waals surface area contributed by atoms with E-state index in [1.807, 2.05) is 12.1 Å². The minimum Gasteiger partial charge on any atom is -0.442 e. The molecule has 3 N–H and O–H groups in total. The van der Waals surface area contributed by atoms with Crippen LogP contribution in [-0.4, -0.2) is 24.6 Å². The van der Waals surface area contributed by atoms with Crippen LogP contribution >= 0.6 is 0 Å². The van der Waals surface area contributed by atoms with Gasteiger partial charge in [-0.15, -0.1) is 0 Å². The van der Waals surface area contributed by atoms with Crippen molar-refractivity contribution in [3.8, 4) is 6.07 Å². The fraction of sp³-hybridized carbons (Fsp3) is 0.353. The zero-order valence-corrected chi connectivity index (χ0v) is 13.9. The maximum absolute atomic E-state index is 11.8. The number of ether oxygens (including phenoxy) is 1. The summed E-state index contributed by atoms with van der Waals surface area (Å²) in [7, 11) is 1.72. The highest BCUT2D eigenvalue weighted by atomic mass is 16.6. The Balaban J connectivity index is 3.01. The van der Waals surface area contributed by atoms with Gasteiger partial charge in [0.15, 0.2) is 0 Å². The van der Waals surface area contributed by atoms with E-state index >= 15 is 0 Å². The molecule has 0 saturated heterocycles. The maximum atomic E-state index is 11.8. The summed E-state index contributed by atoms with van der Waals surface area (Å²) in [5, 5.41) is 12.0. The number of aliphatic imine (C=N–C) groups is 1. The zero-order valence-electron chi connectivity index (χ0n) is 13.9. The Morgan fingerprint density at radius 3 is 2.65 bits per heavy atom. The van der Waals surface area contributed by atoms with E-state index in [9.17, 15) is 4.79 Å². The van der Waals surface area contributed by atoms with Crippen molar-refractivity contribution in [2.24, 2.45) is 10.7 Å². The summed E-state index contributed by atoms with van der Waals surface area (Å²) in [6.45, 7) is 5.26. The van der Waals surface area contributed by atoms with E-state index in [2.05, 4.69) is 16.4 Å². The van der Waals surface area contributed by atoms with Crippen LogP contribution in [0.2, 0.25) is 0 Å². The van der Waals surface area contributed by atoms with Crippen LogP contribution < -0.4 is 11.1 Å². The summed E-state index contributed by atoms with van der Waals surface area (Å²) in [6.07, 6.45) is 1.28. The van der Waals surface area contributed by atoms with Gasteiger partial charge in [0.05, 0.1) is 11.6 Å². The van der Waals surface area contributed by atoms with Crippen LogP contribution in [0.5, 0.6) is 0 Å². The smallest absolute Gasteiger partial charge is 0.436 e. The minimum atomic E-state index is -0.745. The van der Waals surface area contributed by atoms with Gasteiger partial charge in [-0.25, -0.2) is 4.79 Å². The highest BCUT2D eigenvalue weighted by Crippen LogP contribution is 2.14. The molecule has 122 valence electrons. The Morgan fingerprint density at radius 2 is 2.09 bits per heavy atom. The summed E-state index contributed by atoms with van der Waals surface area (Å²) in [6, 6.07) is 9.33. The molecule has 0 bridgehead atoms. The highest BCUT2D eigenvalue weighted by molar-refractivity contribution is 6.02. The Morgan fingerprint density at radius 1 is 1.43 bits per heavy atom. The van der Waals surface area contributed by atoms with Crippen molar-refractivity contribution in [3.63, 3.8) is 0 Å². The third-order valence-electron chi connectivity index (χ3n) is 2.77. The number of benzene rings is 1. The number of amidine groups is 1. The number of hydrogen-bond acceptors (Lipinski definition) is 4. The molecule has 0 radical (unpaired) electrons. The Hall–Kier alpha value is -2.81. The highest BCUT2D eigenvalue weighted by Gasteiger charge is 2.17. The van der Waals surface area contributed by atoms with E-state index in [1.165, 1.54) is 0 Å². The molecular weight excluding hydrogens is 292 g/mol. The molecule has 0 unspecified atom stereocenters. The van der Waals surface area contributed by atoms with Crippen LogP contribution in [0.15, 0.2) is 41.0 Å². The lowest BCUT2D eigenvalue weighted by atomic mass is 10.0. The summed E-state index contributed by atoms with van der Waals surface area (Å²) < 4.78 is 5.13. The maximum Gasteiger partial charge on any atom is 0.436 e. The molecule has 0 fully saturated rings. The van der Waals surface area contributed by atoms with Gasteiger partial charge in [-0.3, -0.25) is 0 Å². The quantitative estimate of drug-likeness (QED) is 0.657. The molecule has 6 nitrogen and oxygen atoms in total. The average Bonchev–Trinajstić information content (AvgIpc) is 2.45. The van der Waals surface area contributed by atoms with Gasteiger partial charge < -0.3 is 15.8 Å². The molecular formula is C17H22N4O2. The normalized spacial score (nSPS) is 12.5. The van der Waals surface area contributed by atoms with Gasteiger partial charge in [0.1, 0.15) is 11.4 Å². The predicted molar refractivity (Wildman–Crippen MR) is 89.9 cm³/mol. The lowest BCUT2D eigenvalue weighted by Crippen LogP contribution is -2.25. The molecule has 0 saturated carbocycles. The molecule has 0 aromatic heterocycles. The number of carbonyl (C=O) groups is 1. The predicted octanol–water partition coefficient (Wildman–Crippen LogP) is 2.50. The van der Waals surface area contributed by atoms with Crippen LogP contribution in [0.3, 0.4) is 0 Å². The van der Waals surface area contributed by atoms with Crippen molar-refractivity contribution >= 4 is 11.9 Å². The molecule has 1 amide bonds. The van der Waals surface area contributed by atoms with Crippen molar-refractivity contribution in [3.05, 3.63) is 47.2 Å². The van der Waals surface area contributed by atoms with E-state index < -0.39 is 11.7 Å². The minimum absolute atomic E-state index is 0.0568. The first-order valence-corrected chi connectivity index (χ1v) is 7.18. The number of nitrogens with two attached hydrogens (primary N) is 1. The van der Waals surface area contributed by atoms with Crippen molar-refractivity contribution in [1.29, 1.82) is 5.26 Å². The van der Waals surface area contributed by atoms with E-state index in [-0.39, 0.29) is 5.84 Å². The molecule has 1 aromatic carbocycles. The summed E-state index contributed by atoms with van der Waals surface area (Å²) in [5.74, 6) is 0.0568. The Kier molecular flexibility index (Phi) is 6.34. The van der Waals surface area contributed by atoms with Crippen LogP contribution in [-0.2, 0) is 11.2 Å². The SMILES string of the molecule is CN/C=C(Cc1ccccc1C#N)\C(N)=N\C(=O)OC(C)(C)C. The van der Waals surface area contributed by atoms with Gasteiger partial charge >= 0.3 is 6.09 Å². The van der Waals surface area contributed by atoms with E-state index in [4.69, 9.17) is 15.7 Å². The largest absolute Gasteiger partial charge is 0.442 e. The van der Waals surface area contributed by atoms with Crippen molar-refractivity contribution in [2.45, 2.75) is 32.8 Å². The van der Waals surface area contributed by atoms with Crippen molar-refractivity contribution < 1.29 is 9.53 Å². The van der Waals surface area contributed by atoms with Gasteiger partial charge in [0, 0.05) is 25.2 Å².